The van der Waals surface area contributed by atoms with Crippen molar-refractivity contribution in [2.24, 2.45) is 0 Å². The van der Waals surface area contributed by atoms with Crippen LogP contribution in [0.4, 0.5) is 5.69 Å². The van der Waals surface area contributed by atoms with Crippen LogP contribution >= 0.6 is 34.4 Å². The van der Waals surface area contributed by atoms with Crippen LogP contribution in [0, 0.1) is 10.1 Å². The highest BCUT2D eigenvalue weighted by Crippen LogP contribution is 2.38. The molecule has 0 bridgehead atoms. The highest BCUT2D eigenvalue weighted by atomic mass is 33.1. The van der Waals surface area contributed by atoms with Crippen molar-refractivity contribution < 1.29 is 19.6 Å². The van der Waals surface area contributed by atoms with Gasteiger partial charge in [0, 0.05) is 35.9 Å². The molecule has 0 saturated heterocycles. The van der Waals surface area contributed by atoms with E-state index in [4.69, 9.17) is 5.11 Å². The zero-order chi connectivity index (χ0) is 16.0. The lowest BCUT2D eigenvalue weighted by atomic mass is 10.3. The number of carboxylic acid groups (broad SMARTS) is 1. The molecule has 21 heavy (non-hydrogen) atoms. The molecule has 0 unspecified atom stereocenters. The monoisotopic (exact) mass is 349 g/mol. The minimum absolute atomic E-state index is 0.0766. The molecule has 11 heteroatoms. The van der Waals surface area contributed by atoms with E-state index in [-0.39, 0.29) is 16.5 Å². The van der Waals surface area contributed by atoms with Crippen molar-refractivity contribution in [2.45, 2.75) is 18.0 Å². The van der Waals surface area contributed by atoms with Crippen molar-refractivity contribution >= 4 is 52.0 Å². The second-order valence-corrected chi connectivity index (χ2v) is 6.03. The number of hydrogen-bond acceptors (Lipinski definition) is 8. The van der Waals surface area contributed by atoms with Gasteiger partial charge in [-0.25, -0.2) is 9.78 Å². The summed E-state index contributed by atoms with van der Waals surface area (Å²) >= 11 is 3.90. The van der Waals surface area contributed by atoms with Crippen LogP contribution < -0.4 is 0 Å². The van der Waals surface area contributed by atoms with Crippen LogP contribution in [0.1, 0.15) is 6.92 Å². The van der Waals surface area contributed by atoms with Crippen LogP contribution in [0.3, 0.4) is 0 Å². The molecule has 1 N–H and O–H groups in total. The van der Waals surface area contributed by atoms with Gasteiger partial charge in [-0.15, -0.1) is 0 Å². The van der Waals surface area contributed by atoms with E-state index in [0.29, 0.717) is 0 Å². The number of rotatable bonds is 7. The zero-order valence-corrected chi connectivity index (χ0v) is 13.2. The van der Waals surface area contributed by atoms with Gasteiger partial charge in [-0.1, -0.05) is 0 Å². The average molecular weight is 349 g/mol. The maximum atomic E-state index is 11.5. The van der Waals surface area contributed by atoms with E-state index in [9.17, 15) is 19.7 Å². The van der Waals surface area contributed by atoms with Gasteiger partial charge >= 0.3 is 11.7 Å². The molecule has 0 aliphatic rings. The lowest BCUT2D eigenvalue weighted by molar-refractivity contribution is -0.388. The van der Waals surface area contributed by atoms with E-state index in [1.807, 2.05) is 0 Å². The fraction of sp³-hybridized carbons (Fsp3) is 0.300. The molecule has 1 aromatic heterocycles. The van der Waals surface area contributed by atoms with Crippen LogP contribution in [0.2, 0.25) is 0 Å². The molecular weight excluding hydrogens is 338 g/mol. The van der Waals surface area contributed by atoms with Crippen LogP contribution in [-0.4, -0.2) is 43.0 Å². The Balaban J connectivity index is 2.90. The third-order valence-electron chi connectivity index (χ3n) is 2.20. The summed E-state index contributed by atoms with van der Waals surface area (Å²) in [6.07, 6.45) is 1.38. The fourth-order valence-corrected chi connectivity index (χ4v) is 3.99. The molecular formula is C10H11N3O5S3. The Morgan fingerprint density at radius 3 is 2.76 bits per heavy atom. The SMILES string of the molecule is CC(=O)N(SSc1ncccc1[N+](=O)[O-])[C@@H](CS)C(=O)O. The molecule has 0 aromatic carbocycles. The predicted molar refractivity (Wildman–Crippen MR) is 82.1 cm³/mol. The second-order valence-electron chi connectivity index (χ2n) is 3.62. The topological polar surface area (TPSA) is 114 Å². The summed E-state index contributed by atoms with van der Waals surface area (Å²) in [5.74, 6) is -1.77. The van der Waals surface area contributed by atoms with Crippen LogP contribution in [-0.2, 0) is 9.59 Å². The van der Waals surface area contributed by atoms with Crippen molar-refractivity contribution in [3.8, 4) is 0 Å². The van der Waals surface area contributed by atoms with E-state index < -0.39 is 22.8 Å². The van der Waals surface area contributed by atoms with Gasteiger partial charge in [-0.3, -0.25) is 19.2 Å². The first-order valence-corrected chi connectivity index (χ1v) is 8.20. The maximum absolute atomic E-state index is 11.5. The average Bonchev–Trinajstić information content (AvgIpc) is 2.42. The van der Waals surface area contributed by atoms with Gasteiger partial charge in [0.2, 0.25) is 5.91 Å². The number of carboxylic acids is 1. The molecule has 114 valence electrons. The van der Waals surface area contributed by atoms with Crippen LogP contribution in [0.15, 0.2) is 23.4 Å². The van der Waals surface area contributed by atoms with Crippen molar-refractivity contribution in [3.63, 3.8) is 0 Å². The van der Waals surface area contributed by atoms with Gasteiger partial charge in [-0.2, -0.15) is 12.6 Å². The summed E-state index contributed by atoms with van der Waals surface area (Å²) in [7, 11) is 1.62. The quantitative estimate of drug-likeness (QED) is 0.252. The maximum Gasteiger partial charge on any atom is 0.328 e. The molecule has 0 aliphatic carbocycles. The number of hydrogen-bond donors (Lipinski definition) is 2. The minimum Gasteiger partial charge on any atom is -0.480 e. The summed E-state index contributed by atoms with van der Waals surface area (Å²) in [4.78, 5) is 36.7. The molecule has 0 radical (unpaired) electrons. The Hall–Kier alpha value is -1.46. The molecule has 0 saturated carbocycles. The lowest BCUT2D eigenvalue weighted by Crippen LogP contribution is -2.40. The molecule has 1 atom stereocenters. The Kier molecular flexibility index (Phi) is 6.78. The molecule has 0 fully saturated rings. The van der Waals surface area contributed by atoms with Gasteiger partial charge in [0.05, 0.1) is 4.92 Å². The van der Waals surface area contributed by atoms with Crippen LogP contribution in [0.25, 0.3) is 0 Å². The summed E-state index contributed by atoms with van der Waals surface area (Å²) < 4.78 is 0.998. The molecule has 0 spiro atoms. The largest absolute Gasteiger partial charge is 0.480 e. The third-order valence-corrected chi connectivity index (χ3v) is 4.94. The Morgan fingerprint density at radius 2 is 2.29 bits per heavy atom. The summed E-state index contributed by atoms with van der Waals surface area (Å²) in [6, 6.07) is 1.57. The summed E-state index contributed by atoms with van der Waals surface area (Å²) in [5, 5.41) is 20.0. The number of aromatic nitrogens is 1. The van der Waals surface area contributed by atoms with Crippen molar-refractivity contribution in [3.05, 3.63) is 28.4 Å². The van der Waals surface area contributed by atoms with Crippen molar-refractivity contribution in [2.75, 3.05) is 5.75 Å². The highest BCUT2D eigenvalue weighted by molar-refractivity contribution is 8.76. The standard InChI is InChI=1S/C10H11N3O5S3/c1-6(14)12(8(5-19)10(15)16)21-20-9-7(13(17)18)3-2-4-11-9/h2-4,8,19H,5H2,1H3,(H,15,16)/t8-/m0/s1. The predicted octanol–water partition coefficient (Wildman–Crippen LogP) is 1.88. The second kappa shape index (κ2) is 8.10. The molecule has 1 amide bonds. The van der Waals surface area contributed by atoms with Gasteiger partial charge in [0.1, 0.15) is 6.04 Å². The number of nitro groups is 1. The van der Waals surface area contributed by atoms with Gasteiger partial charge in [0.15, 0.2) is 5.03 Å². The van der Waals surface area contributed by atoms with Crippen LogP contribution in [0.5, 0.6) is 0 Å². The van der Waals surface area contributed by atoms with E-state index in [2.05, 4.69) is 17.6 Å². The number of carbonyl (C=O) groups excluding carboxylic acids is 1. The number of carbonyl (C=O) groups is 2. The summed E-state index contributed by atoms with van der Waals surface area (Å²) in [6.45, 7) is 1.21. The fourth-order valence-electron chi connectivity index (χ4n) is 1.24. The van der Waals surface area contributed by atoms with Crippen molar-refractivity contribution in [1.82, 2.24) is 9.29 Å². The van der Waals surface area contributed by atoms with E-state index >= 15 is 0 Å². The summed E-state index contributed by atoms with van der Waals surface area (Å²) in [5.41, 5.74) is -0.212. The van der Waals surface area contributed by atoms with Gasteiger partial charge < -0.3 is 5.11 Å². The van der Waals surface area contributed by atoms with E-state index in [1.54, 1.807) is 0 Å². The number of aliphatic carboxylic acids is 1. The first-order valence-electron chi connectivity index (χ1n) is 5.46. The Bertz CT molecular complexity index is 556. The number of amides is 1. The first-order chi connectivity index (χ1) is 9.88. The zero-order valence-electron chi connectivity index (χ0n) is 10.7. The molecule has 1 heterocycles. The number of thiol groups is 1. The first kappa shape index (κ1) is 17.6. The van der Waals surface area contributed by atoms with E-state index in [1.165, 1.54) is 25.3 Å². The van der Waals surface area contributed by atoms with Gasteiger partial charge in [-0.05, 0) is 16.9 Å². The minimum atomic E-state index is -1.20. The third kappa shape index (κ3) is 4.79. The molecule has 1 aromatic rings. The van der Waals surface area contributed by atoms with Gasteiger partial charge in [0.25, 0.3) is 0 Å². The number of pyridine rings is 1. The molecule has 8 nitrogen and oxygen atoms in total. The van der Waals surface area contributed by atoms with Crippen molar-refractivity contribution in [1.29, 1.82) is 0 Å². The van der Waals surface area contributed by atoms with E-state index in [0.717, 1.165) is 26.1 Å². The smallest absolute Gasteiger partial charge is 0.328 e. The number of nitrogens with zero attached hydrogens (tertiary/aromatic N) is 3. The Labute approximate surface area is 133 Å². The Morgan fingerprint density at radius 1 is 1.62 bits per heavy atom. The lowest BCUT2D eigenvalue weighted by Gasteiger charge is -2.24. The highest BCUT2D eigenvalue weighted by Gasteiger charge is 2.28. The normalized spacial score (nSPS) is 11.7. The molecule has 0 aliphatic heterocycles. The molecule has 1 rings (SSSR count).